The van der Waals surface area contributed by atoms with Gasteiger partial charge in [0.05, 0.1) is 5.60 Å². The largest absolute Gasteiger partial charge is 0.396 e. The van der Waals surface area contributed by atoms with Crippen LogP contribution in [0.4, 0.5) is 0 Å². The predicted molar refractivity (Wildman–Crippen MR) is 78.3 cm³/mol. The van der Waals surface area contributed by atoms with Crippen molar-refractivity contribution in [2.75, 3.05) is 19.8 Å². The summed E-state index contributed by atoms with van der Waals surface area (Å²) in [6.07, 6.45) is 9.75. The molecule has 2 rings (SSSR count). The van der Waals surface area contributed by atoms with E-state index < -0.39 is 0 Å². The van der Waals surface area contributed by atoms with Gasteiger partial charge in [0.1, 0.15) is 0 Å². The molecule has 1 spiro atoms. The first kappa shape index (κ1) is 15.3. The summed E-state index contributed by atoms with van der Waals surface area (Å²) in [6, 6.07) is 0.602. The van der Waals surface area contributed by atoms with E-state index in [1.807, 2.05) is 0 Å². The lowest BCUT2D eigenvalue weighted by Gasteiger charge is -2.44. The summed E-state index contributed by atoms with van der Waals surface area (Å²) < 4.78 is 6.14. The van der Waals surface area contributed by atoms with Crippen molar-refractivity contribution >= 4 is 0 Å². The molecular weight excluding hydrogens is 238 g/mol. The van der Waals surface area contributed by atoms with E-state index in [1.54, 1.807) is 0 Å². The lowest BCUT2D eigenvalue weighted by Crippen LogP contribution is -2.49. The number of nitrogens with one attached hydrogen (secondary N) is 1. The van der Waals surface area contributed by atoms with Crippen molar-refractivity contribution in [1.29, 1.82) is 0 Å². The first-order chi connectivity index (χ1) is 9.05. The quantitative estimate of drug-likeness (QED) is 0.806. The minimum absolute atomic E-state index is 0.187. The Morgan fingerprint density at radius 1 is 1.26 bits per heavy atom. The Morgan fingerprint density at radius 3 is 2.68 bits per heavy atom. The number of hydrogen-bond acceptors (Lipinski definition) is 3. The molecule has 112 valence electrons. The number of aliphatic hydroxyl groups is 1. The highest BCUT2D eigenvalue weighted by molar-refractivity contribution is 4.92. The molecule has 3 nitrogen and oxygen atoms in total. The molecule has 0 aromatic carbocycles. The minimum atomic E-state index is 0.187. The fourth-order valence-corrected chi connectivity index (χ4v) is 3.56. The molecule has 1 unspecified atom stereocenters. The van der Waals surface area contributed by atoms with Crippen LogP contribution in [0.25, 0.3) is 0 Å². The van der Waals surface area contributed by atoms with E-state index in [-0.39, 0.29) is 17.6 Å². The molecule has 2 aliphatic rings. The summed E-state index contributed by atoms with van der Waals surface area (Å²) in [5.74, 6) is 0. The second-order valence-electron chi connectivity index (χ2n) is 7.30. The minimum Gasteiger partial charge on any atom is -0.396 e. The summed E-state index contributed by atoms with van der Waals surface area (Å²) in [5, 5.41) is 12.8. The summed E-state index contributed by atoms with van der Waals surface area (Å²) in [5.41, 5.74) is 0.377. The van der Waals surface area contributed by atoms with E-state index in [0.29, 0.717) is 6.04 Å². The van der Waals surface area contributed by atoms with Gasteiger partial charge in [-0.05, 0) is 37.5 Å². The molecule has 0 aromatic heterocycles. The first-order valence-corrected chi connectivity index (χ1v) is 8.04. The van der Waals surface area contributed by atoms with Gasteiger partial charge < -0.3 is 15.2 Å². The van der Waals surface area contributed by atoms with Gasteiger partial charge in [-0.2, -0.15) is 0 Å². The highest BCUT2D eigenvalue weighted by atomic mass is 16.5. The average Bonchev–Trinajstić information content (AvgIpc) is 2.38. The molecule has 1 saturated carbocycles. The van der Waals surface area contributed by atoms with Crippen LogP contribution in [0.5, 0.6) is 0 Å². The Balaban J connectivity index is 1.81. The van der Waals surface area contributed by atoms with Gasteiger partial charge >= 0.3 is 0 Å². The number of aliphatic hydroxyl groups excluding tert-OH is 1. The standard InChI is InChI=1S/C16H31NO2/c1-15(2,9-10-18)13-17-14-6-11-19-16(12-14)7-4-3-5-8-16/h14,17-18H,3-13H2,1-2H3. The Morgan fingerprint density at radius 2 is 2.00 bits per heavy atom. The SMILES string of the molecule is CC(C)(CCO)CNC1CCOC2(CCCCC2)C1. The van der Waals surface area contributed by atoms with Crippen LogP contribution in [0.15, 0.2) is 0 Å². The van der Waals surface area contributed by atoms with E-state index in [0.717, 1.165) is 26.0 Å². The molecule has 2 N–H and O–H groups in total. The van der Waals surface area contributed by atoms with Gasteiger partial charge in [0.15, 0.2) is 0 Å². The summed E-state index contributed by atoms with van der Waals surface area (Å²) in [7, 11) is 0. The lowest BCUT2D eigenvalue weighted by molar-refractivity contribution is -0.109. The maximum absolute atomic E-state index is 9.09. The maximum Gasteiger partial charge on any atom is 0.0697 e. The van der Waals surface area contributed by atoms with Gasteiger partial charge in [0, 0.05) is 25.8 Å². The molecule has 0 amide bonds. The van der Waals surface area contributed by atoms with Crippen LogP contribution in [0.3, 0.4) is 0 Å². The molecule has 0 aromatic rings. The normalized spacial score (nSPS) is 27.6. The van der Waals surface area contributed by atoms with Crippen molar-refractivity contribution in [3.8, 4) is 0 Å². The number of hydrogen-bond donors (Lipinski definition) is 2. The Bertz CT molecular complexity index is 266. The van der Waals surface area contributed by atoms with E-state index in [1.165, 1.54) is 38.5 Å². The third kappa shape index (κ3) is 4.44. The molecule has 3 heteroatoms. The second-order valence-corrected chi connectivity index (χ2v) is 7.30. The van der Waals surface area contributed by atoms with Crippen LogP contribution in [-0.2, 0) is 4.74 Å². The Kier molecular flexibility index (Phi) is 5.27. The summed E-state index contributed by atoms with van der Waals surface area (Å²) >= 11 is 0. The van der Waals surface area contributed by atoms with Crippen LogP contribution < -0.4 is 5.32 Å². The van der Waals surface area contributed by atoms with E-state index in [4.69, 9.17) is 9.84 Å². The predicted octanol–water partition coefficient (Wildman–Crippen LogP) is 2.87. The van der Waals surface area contributed by atoms with Crippen LogP contribution in [0.2, 0.25) is 0 Å². The van der Waals surface area contributed by atoms with Crippen molar-refractivity contribution in [1.82, 2.24) is 5.32 Å². The van der Waals surface area contributed by atoms with Crippen molar-refractivity contribution in [3.05, 3.63) is 0 Å². The first-order valence-electron chi connectivity index (χ1n) is 8.04. The molecule has 1 atom stereocenters. The molecule has 2 fully saturated rings. The van der Waals surface area contributed by atoms with Gasteiger partial charge in [-0.15, -0.1) is 0 Å². The van der Waals surface area contributed by atoms with E-state index in [2.05, 4.69) is 19.2 Å². The lowest BCUT2D eigenvalue weighted by atomic mass is 9.78. The second kappa shape index (κ2) is 6.55. The van der Waals surface area contributed by atoms with Gasteiger partial charge in [-0.3, -0.25) is 0 Å². The zero-order chi connectivity index (χ0) is 13.8. The smallest absolute Gasteiger partial charge is 0.0697 e. The van der Waals surface area contributed by atoms with Crippen molar-refractivity contribution in [3.63, 3.8) is 0 Å². The average molecular weight is 269 g/mol. The Hall–Kier alpha value is -0.120. The monoisotopic (exact) mass is 269 g/mol. The summed E-state index contributed by atoms with van der Waals surface area (Å²) in [6.45, 7) is 6.65. The molecule has 1 aliphatic carbocycles. The van der Waals surface area contributed by atoms with Gasteiger partial charge in [0.2, 0.25) is 0 Å². The van der Waals surface area contributed by atoms with Crippen LogP contribution in [-0.4, -0.2) is 36.5 Å². The third-order valence-corrected chi connectivity index (χ3v) is 4.92. The van der Waals surface area contributed by atoms with Crippen molar-refractivity contribution in [2.24, 2.45) is 5.41 Å². The van der Waals surface area contributed by atoms with E-state index in [9.17, 15) is 0 Å². The highest BCUT2D eigenvalue weighted by Gasteiger charge is 2.38. The van der Waals surface area contributed by atoms with Crippen molar-refractivity contribution < 1.29 is 9.84 Å². The fourth-order valence-electron chi connectivity index (χ4n) is 3.56. The molecule has 19 heavy (non-hydrogen) atoms. The van der Waals surface area contributed by atoms with Crippen LogP contribution in [0.1, 0.15) is 65.2 Å². The third-order valence-electron chi connectivity index (χ3n) is 4.92. The summed E-state index contributed by atoms with van der Waals surface area (Å²) in [4.78, 5) is 0. The molecule has 0 bridgehead atoms. The van der Waals surface area contributed by atoms with Gasteiger partial charge in [-0.25, -0.2) is 0 Å². The molecule has 1 heterocycles. The maximum atomic E-state index is 9.09. The van der Waals surface area contributed by atoms with Crippen LogP contribution >= 0.6 is 0 Å². The number of rotatable bonds is 5. The number of ether oxygens (including phenoxy) is 1. The molecule has 0 radical (unpaired) electrons. The van der Waals surface area contributed by atoms with Crippen LogP contribution in [0, 0.1) is 5.41 Å². The molecule has 1 saturated heterocycles. The topological polar surface area (TPSA) is 41.5 Å². The zero-order valence-electron chi connectivity index (χ0n) is 12.7. The fraction of sp³-hybridized carbons (Fsp3) is 1.00. The van der Waals surface area contributed by atoms with Crippen molar-refractivity contribution in [2.45, 2.75) is 76.9 Å². The highest BCUT2D eigenvalue weighted by Crippen LogP contribution is 2.38. The van der Waals surface area contributed by atoms with Gasteiger partial charge in [-0.1, -0.05) is 33.1 Å². The van der Waals surface area contributed by atoms with Gasteiger partial charge in [0.25, 0.3) is 0 Å². The molecular formula is C16H31NO2. The van der Waals surface area contributed by atoms with E-state index >= 15 is 0 Å². The molecule has 1 aliphatic heterocycles. The zero-order valence-corrected chi connectivity index (χ0v) is 12.7. The Labute approximate surface area is 118 Å².